The molecule has 2 aromatic rings. The van der Waals surface area contributed by atoms with Crippen LogP contribution >= 0.6 is 0 Å². The van der Waals surface area contributed by atoms with Crippen LogP contribution in [0.2, 0.25) is 0 Å². The molecule has 1 fully saturated rings. The van der Waals surface area contributed by atoms with Crippen LogP contribution in [0.1, 0.15) is 23.2 Å². The van der Waals surface area contributed by atoms with Crippen molar-refractivity contribution < 1.29 is 22.7 Å². The molecule has 1 aliphatic heterocycles. The first kappa shape index (κ1) is 21.0. The predicted molar refractivity (Wildman–Crippen MR) is 111 cm³/mol. The minimum absolute atomic E-state index is 0.0837. The van der Waals surface area contributed by atoms with Gasteiger partial charge in [0.2, 0.25) is 10.0 Å². The molecule has 0 spiro atoms. The Bertz CT molecular complexity index is 951. The molecule has 1 saturated heterocycles. The summed E-state index contributed by atoms with van der Waals surface area (Å²) in [6.45, 7) is 4.86. The molecule has 0 aliphatic carbocycles. The highest BCUT2D eigenvalue weighted by molar-refractivity contribution is 7.89. The Balaban J connectivity index is 1.61. The standard InChI is InChI=1S/C21H24N2O5S/c1-2-12-22-29(25,26)20-10-8-16(9-11-20)21(24)23-17-5-3-6-18(14-17)28-15-19-7-4-13-27-19/h2-3,5-6,8-11,14,19,22H,1,4,7,12-13,15H2,(H,23,24)/t19-/m0/s1. The number of rotatable bonds is 9. The maximum atomic E-state index is 12.5. The lowest BCUT2D eigenvalue weighted by Crippen LogP contribution is -2.23. The monoisotopic (exact) mass is 416 g/mol. The normalized spacial score (nSPS) is 16.3. The van der Waals surface area contributed by atoms with Crippen LogP contribution in [0.5, 0.6) is 5.75 Å². The summed E-state index contributed by atoms with van der Waals surface area (Å²) in [4.78, 5) is 12.6. The molecule has 0 bridgehead atoms. The minimum Gasteiger partial charge on any atom is -0.491 e. The number of anilines is 1. The first-order chi connectivity index (χ1) is 14.0. The zero-order valence-corrected chi connectivity index (χ0v) is 16.8. The minimum atomic E-state index is -3.62. The van der Waals surface area contributed by atoms with Gasteiger partial charge in [-0.15, -0.1) is 6.58 Å². The Morgan fingerprint density at radius 3 is 2.72 bits per heavy atom. The van der Waals surface area contributed by atoms with Crippen molar-refractivity contribution in [1.29, 1.82) is 0 Å². The van der Waals surface area contributed by atoms with E-state index in [-0.39, 0.29) is 23.5 Å². The third-order valence-corrected chi connectivity index (χ3v) is 5.84. The molecule has 0 aromatic heterocycles. The van der Waals surface area contributed by atoms with E-state index in [0.29, 0.717) is 23.6 Å². The Labute approximate surface area is 170 Å². The second-order valence-corrected chi connectivity index (χ2v) is 8.36. The van der Waals surface area contributed by atoms with Gasteiger partial charge in [0.1, 0.15) is 12.4 Å². The number of hydrogen-bond donors (Lipinski definition) is 2. The number of amides is 1. The lowest BCUT2D eigenvalue weighted by atomic mass is 10.2. The van der Waals surface area contributed by atoms with Gasteiger partial charge in [-0.3, -0.25) is 4.79 Å². The highest BCUT2D eigenvalue weighted by Gasteiger charge is 2.16. The molecule has 1 atom stereocenters. The van der Waals surface area contributed by atoms with Crippen LogP contribution in [-0.2, 0) is 14.8 Å². The number of carbonyl (C=O) groups is 1. The van der Waals surface area contributed by atoms with Crippen LogP contribution in [0.15, 0.2) is 66.1 Å². The van der Waals surface area contributed by atoms with Crippen LogP contribution in [0.25, 0.3) is 0 Å². The fourth-order valence-electron chi connectivity index (χ4n) is 2.87. The van der Waals surface area contributed by atoms with Crippen LogP contribution in [0.3, 0.4) is 0 Å². The second kappa shape index (κ2) is 9.69. The maximum Gasteiger partial charge on any atom is 0.255 e. The van der Waals surface area contributed by atoms with Crippen molar-refractivity contribution in [2.45, 2.75) is 23.8 Å². The summed E-state index contributed by atoms with van der Waals surface area (Å²) >= 11 is 0. The van der Waals surface area contributed by atoms with Crippen molar-refractivity contribution >= 4 is 21.6 Å². The van der Waals surface area contributed by atoms with E-state index in [1.807, 2.05) is 6.07 Å². The van der Waals surface area contributed by atoms with Gasteiger partial charge in [-0.25, -0.2) is 13.1 Å². The number of carbonyl (C=O) groups excluding carboxylic acids is 1. The first-order valence-corrected chi connectivity index (χ1v) is 10.8. The number of nitrogens with one attached hydrogen (secondary N) is 2. The van der Waals surface area contributed by atoms with Gasteiger partial charge in [-0.05, 0) is 49.2 Å². The molecule has 7 nitrogen and oxygen atoms in total. The fraction of sp³-hybridized carbons (Fsp3) is 0.286. The number of hydrogen-bond acceptors (Lipinski definition) is 5. The molecule has 29 heavy (non-hydrogen) atoms. The van der Waals surface area contributed by atoms with Crippen molar-refractivity contribution in [2.75, 3.05) is 25.1 Å². The highest BCUT2D eigenvalue weighted by Crippen LogP contribution is 2.20. The Morgan fingerprint density at radius 2 is 2.03 bits per heavy atom. The van der Waals surface area contributed by atoms with Crippen LogP contribution in [-0.4, -0.2) is 40.2 Å². The molecule has 1 aliphatic rings. The Morgan fingerprint density at radius 1 is 1.24 bits per heavy atom. The molecule has 0 radical (unpaired) electrons. The largest absolute Gasteiger partial charge is 0.491 e. The summed E-state index contributed by atoms with van der Waals surface area (Å²) in [7, 11) is -3.62. The van der Waals surface area contributed by atoms with E-state index in [0.717, 1.165) is 19.4 Å². The maximum absolute atomic E-state index is 12.5. The average Bonchev–Trinajstić information content (AvgIpc) is 3.25. The topological polar surface area (TPSA) is 93.7 Å². The zero-order valence-electron chi connectivity index (χ0n) is 16.0. The third kappa shape index (κ3) is 5.90. The van der Waals surface area contributed by atoms with E-state index in [1.165, 1.54) is 30.3 Å². The van der Waals surface area contributed by atoms with E-state index >= 15 is 0 Å². The van der Waals surface area contributed by atoms with Gasteiger partial charge in [-0.2, -0.15) is 0 Å². The molecule has 8 heteroatoms. The van der Waals surface area contributed by atoms with Gasteiger partial charge < -0.3 is 14.8 Å². The van der Waals surface area contributed by atoms with Gasteiger partial charge in [-0.1, -0.05) is 12.1 Å². The third-order valence-electron chi connectivity index (χ3n) is 4.40. The number of benzene rings is 2. The summed E-state index contributed by atoms with van der Waals surface area (Å²) in [5.41, 5.74) is 0.933. The summed E-state index contributed by atoms with van der Waals surface area (Å²) in [5.74, 6) is 0.303. The summed E-state index contributed by atoms with van der Waals surface area (Å²) in [6, 6.07) is 12.8. The SMILES string of the molecule is C=CCNS(=O)(=O)c1ccc(C(=O)Nc2cccc(OC[C@@H]3CCCO3)c2)cc1. The lowest BCUT2D eigenvalue weighted by molar-refractivity contribution is 0.0680. The molecular weight excluding hydrogens is 392 g/mol. The van der Waals surface area contributed by atoms with E-state index in [2.05, 4.69) is 16.6 Å². The van der Waals surface area contributed by atoms with Gasteiger partial charge in [0.05, 0.1) is 11.0 Å². The van der Waals surface area contributed by atoms with E-state index in [9.17, 15) is 13.2 Å². The first-order valence-electron chi connectivity index (χ1n) is 9.34. The van der Waals surface area contributed by atoms with E-state index in [1.54, 1.807) is 18.2 Å². The summed E-state index contributed by atoms with van der Waals surface area (Å²) in [6.07, 6.45) is 3.61. The Kier molecular flexibility index (Phi) is 7.03. The molecular formula is C21H24N2O5S. The smallest absolute Gasteiger partial charge is 0.255 e. The second-order valence-electron chi connectivity index (χ2n) is 6.59. The van der Waals surface area contributed by atoms with Crippen LogP contribution in [0.4, 0.5) is 5.69 Å². The van der Waals surface area contributed by atoms with Crippen LogP contribution < -0.4 is 14.8 Å². The molecule has 1 amide bonds. The summed E-state index contributed by atoms with van der Waals surface area (Å²) in [5, 5.41) is 2.79. The molecule has 0 saturated carbocycles. The van der Waals surface area contributed by atoms with Crippen molar-refractivity contribution in [3.8, 4) is 5.75 Å². The zero-order chi connectivity index (χ0) is 20.7. The molecule has 2 aromatic carbocycles. The van der Waals surface area contributed by atoms with Gasteiger partial charge in [0.15, 0.2) is 0 Å². The van der Waals surface area contributed by atoms with Gasteiger partial charge in [0, 0.05) is 30.5 Å². The van der Waals surface area contributed by atoms with Crippen LogP contribution in [0, 0.1) is 0 Å². The van der Waals surface area contributed by atoms with Crippen molar-refractivity contribution in [2.24, 2.45) is 0 Å². The van der Waals surface area contributed by atoms with Gasteiger partial charge in [0.25, 0.3) is 5.91 Å². The molecule has 3 rings (SSSR count). The van der Waals surface area contributed by atoms with Crippen molar-refractivity contribution in [1.82, 2.24) is 4.72 Å². The van der Waals surface area contributed by atoms with Crippen molar-refractivity contribution in [3.63, 3.8) is 0 Å². The molecule has 1 heterocycles. The molecule has 0 unspecified atom stereocenters. The fourth-order valence-corrected chi connectivity index (χ4v) is 3.87. The Hall–Kier alpha value is -2.68. The molecule has 154 valence electrons. The highest BCUT2D eigenvalue weighted by atomic mass is 32.2. The quantitative estimate of drug-likeness (QED) is 0.613. The number of ether oxygens (including phenoxy) is 2. The van der Waals surface area contributed by atoms with E-state index < -0.39 is 10.0 Å². The van der Waals surface area contributed by atoms with Gasteiger partial charge >= 0.3 is 0 Å². The predicted octanol–water partition coefficient (Wildman–Crippen LogP) is 2.96. The average molecular weight is 416 g/mol. The van der Waals surface area contributed by atoms with E-state index in [4.69, 9.17) is 9.47 Å². The summed E-state index contributed by atoms with van der Waals surface area (Å²) < 4.78 is 37.8. The molecule has 2 N–H and O–H groups in total. The van der Waals surface area contributed by atoms with Crippen molar-refractivity contribution in [3.05, 3.63) is 66.7 Å². The lowest BCUT2D eigenvalue weighted by Gasteiger charge is -2.12. The number of sulfonamides is 1.